The second kappa shape index (κ2) is 8.68. The molecule has 0 spiro atoms. The number of anilines is 1. The molecule has 1 aromatic carbocycles. The van der Waals surface area contributed by atoms with E-state index in [4.69, 9.17) is 4.74 Å². The van der Waals surface area contributed by atoms with Gasteiger partial charge in [0.1, 0.15) is 6.54 Å². The van der Waals surface area contributed by atoms with Gasteiger partial charge in [-0.15, -0.1) is 0 Å². The number of amides is 2. The average Bonchev–Trinajstić information content (AvgIpc) is 2.68. The summed E-state index contributed by atoms with van der Waals surface area (Å²) in [5, 5.41) is 6.97. The number of benzene rings is 1. The van der Waals surface area contributed by atoms with Crippen LogP contribution in [0.5, 0.6) is 0 Å². The molecule has 0 saturated carbocycles. The van der Waals surface area contributed by atoms with Gasteiger partial charge in [0.2, 0.25) is 5.91 Å². The Morgan fingerprint density at radius 1 is 1.21 bits per heavy atom. The van der Waals surface area contributed by atoms with E-state index < -0.39 is 17.6 Å². The number of fused-ring (bicyclic) bond motifs is 1. The van der Waals surface area contributed by atoms with Crippen LogP contribution in [0.2, 0.25) is 0 Å². The van der Waals surface area contributed by atoms with Gasteiger partial charge >= 0.3 is 6.09 Å². The minimum absolute atomic E-state index is 0.0609. The van der Waals surface area contributed by atoms with Crippen molar-refractivity contribution in [1.82, 2.24) is 14.7 Å². The van der Waals surface area contributed by atoms with Crippen molar-refractivity contribution in [2.45, 2.75) is 33.4 Å². The van der Waals surface area contributed by atoms with E-state index in [0.717, 1.165) is 4.68 Å². The zero-order chi connectivity index (χ0) is 21.0. The van der Waals surface area contributed by atoms with Crippen molar-refractivity contribution in [1.29, 1.82) is 0 Å². The summed E-state index contributed by atoms with van der Waals surface area (Å²) < 4.78 is 6.10. The highest BCUT2D eigenvalue weighted by Gasteiger charge is 2.24. The van der Waals surface area contributed by atoms with Crippen molar-refractivity contribution in [2.24, 2.45) is 0 Å². The molecule has 1 aliphatic heterocycles. The molecule has 0 radical (unpaired) electrons. The summed E-state index contributed by atoms with van der Waals surface area (Å²) in [4.78, 5) is 49.3. The number of Topliss-reactive ketones (excluding diaryl/α,β-unsaturated/α-hetero) is 1. The van der Waals surface area contributed by atoms with Gasteiger partial charge in [0, 0.05) is 35.8 Å². The molecule has 9 nitrogen and oxygen atoms in total. The Hall–Kier alpha value is -3.49. The number of carbonyl (C=O) groups excluding carboxylic acids is 3. The fraction of sp³-hybridized carbons (Fsp3) is 0.350. The number of nitrogens with one attached hydrogen (secondary N) is 1. The molecule has 1 N–H and O–H groups in total. The number of hydrogen-bond donors (Lipinski definition) is 1. The van der Waals surface area contributed by atoms with E-state index >= 15 is 0 Å². The van der Waals surface area contributed by atoms with Gasteiger partial charge in [-0.2, -0.15) is 5.10 Å². The lowest BCUT2D eigenvalue weighted by molar-refractivity contribution is -0.117. The maximum absolute atomic E-state index is 12.3. The molecule has 0 unspecified atom stereocenters. The van der Waals surface area contributed by atoms with Crippen LogP contribution in [0.15, 0.2) is 35.1 Å². The molecular formula is C20H22N4O5. The Bertz CT molecular complexity index is 997. The van der Waals surface area contributed by atoms with Crippen LogP contribution in [0, 0.1) is 0 Å². The third kappa shape index (κ3) is 4.87. The van der Waals surface area contributed by atoms with Crippen molar-refractivity contribution in [3.63, 3.8) is 0 Å². The lowest BCUT2D eigenvalue weighted by Crippen LogP contribution is -2.39. The van der Waals surface area contributed by atoms with Crippen LogP contribution < -0.4 is 10.9 Å². The van der Waals surface area contributed by atoms with Gasteiger partial charge in [0.25, 0.3) is 5.56 Å². The first kappa shape index (κ1) is 20.2. The monoisotopic (exact) mass is 398 g/mol. The van der Waals surface area contributed by atoms with E-state index in [-0.39, 0.29) is 25.5 Å². The van der Waals surface area contributed by atoms with Crippen molar-refractivity contribution in [3.8, 4) is 0 Å². The van der Waals surface area contributed by atoms with Gasteiger partial charge in [0.05, 0.1) is 18.8 Å². The van der Waals surface area contributed by atoms with E-state index in [0.29, 0.717) is 35.5 Å². The van der Waals surface area contributed by atoms with Crippen molar-refractivity contribution in [3.05, 3.63) is 57.5 Å². The predicted octanol–water partition coefficient (Wildman–Crippen LogP) is 1.60. The van der Waals surface area contributed by atoms with Crippen LogP contribution in [0.25, 0.3) is 0 Å². The Labute approximate surface area is 167 Å². The summed E-state index contributed by atoms with van der Waals surface area (Å²) >= 11 is 0. The van der Waals surface area contributed by atoms with Crippen molar-refractivity contribution in [2.75, 3.05) is 18.5 Å². The van der Waals surface area contributed by atoms with Gasteiger partial charge < -0.3 is 15.0 Å². The zero-order valence-corrected chi connectivity index (χ0v) is 16.3. The number of rotatable bonds is 5. The van der Waals surface area contributed by atoms with Crippen LogP contribution in [0.1, 0.15) is 35.5 Å². The number of ether oxygens (including phenoxy) is 1. The van der Waals surface area contributed by atoms with Gasteiger partial charge in [-0.25, -0.2) is 9.48 Å². The summed E-state index contributed by atoms with van der Waals surface area (Å²) in [6, 6.07) is 7.90. The number of aromatic nitrogens is 2. The fourth-order valence-electron chi connectivity index (χ4n) is 3.05. The van der Waals surface area contributed by atoms with Crippen LogP contribution in [0.4, 0.5) is 10.5 Å². The molecule has 0 atom stereocenters. The smallest absolute Gasteiger partial charge is 0.410 e. The van der Waals surface area contributed by atoms with E-state index in [1.165, 1.54) is 17.9 Å². The molecule has 29 heavy (non-hydrogen) atoms. The van der Waals surface area contributed by atoms with Gasteiger partial charge in [-0.1, -0.05) is 0 Å². The van der Waals surface area contributed by atoms with E-state index in [9.17, 15) is 19.2 Å². The maximum atomic E-state index is 12.3. The molecule has 0 saturated heterocycles. The summed E-state index contributed by atoms with van der Waals surface area (Å²) in [6.45, 7) is 3.95. The fourth-order valence-corrected chi connectivity index (χ4v) is 3.05. The summed E-state index contributed by atoms with van der Waals surface area (Å²) in [6.07, 6.45) is 0.0558. The Balaban J connectivity index is 1.67. The number of hydrogen-bond acceptors (Lipinski definition) is 6. The SMILES string of the molecule is CCOC(=O)N1CCc2nn(CC(=O)Nc3ccc(C(C)=O)cc3)c(=O)cc2C1. The second-order valence-corrected chi connectivity index (χ2v) is 6.66. The standard InChI is InChI=1S/C20H22N4O5/c1-3-29-20(28)23-9-8-17-15(11-23)10-19(27)24(22-17)12-18(26)21-16-6-4-14(5-7-16)13(2)25/h4-7,10H,3,8-9,11-12H2,1-2H3,(H,21,26). The average molecular weight is 398 g/mol. The largest absolute Gasteiger partial charge is 0.450 e. The first-order valence-electron chi connectivity index (χ1n) is 9.30. The first-order chi connectivity index (χ1) is 13.9. The molecule has 1 aromatic heterocycles. The van der Waals surface area contributed by atoms with Crippen LogP contribution in [-0.4, -0.2) is 45.6 Å². The Kier molecular flexibility index (Phi) is 6.06. The highest BCUT2D eigenvalue weighted by Crippen LogP contribution is 2.16. The molecular weight excluding hydrogens is 376 g/mol. The minimum Gasteiger partial charge on any atom is -0.450 e. The van der Waals surface area contributed by atoms with Crippen molar-refractivity contribution < 1.29 is 19.1 Å². The zero-order valence-electron chi connectivity index (χ0n) is 16.3. The summed E-state index contributed by atoms with van der Waals surface area (Å²) in [5.41, 5.74) is 2.00. The molecule has 0 fully saturated rings. The van der Waals surface area contributed by atoms with Gasteiger partial charge in [-0.3, -0.25) is 14.4 Å². The molecule has 2 heterocycles. The summed E-state index contributed by atoms with van der Waals surface area (Å²) in [7, 11) is 0. The predicted molar refractivity (Wildman–Crippen MR) is 105 cm³/mol. The first-order valence-corrected chi connectivity index (χ1v) is 9.30. The number of ketones is 1. The lowest BCUT2D eigenvalue weighted by Gasteiger charge is -2.27. The molecule has 3 rings (SSSR count). The second-order valence-electron chi connectivity index (χ2n) is 6.66. The summed E-state index contributed by atoms with van der Waals surface area (Å²) in [5.74, 6) is -0.465. The number of nitrogens with zero attached hydrogens (tertiary/aromatic N) is 3. The quantitative estimate of drug-likeness (QED) is 0.766. The highest BCUT2D eigenvalue weighted by molar-refractivity contribution is 5.95. The highest BCUT2D eigenvalue weighted by atomic mass is 16.6. The van der Waals surface area contributed by atoms with Gasteiger partial charge in [-0.05, 0) is 38.1 Å². The topological polar surface area (TPSA) is 111 Å². The van der Waals surface area contributed by atoms with E-state index in [1.54, 1.807) is 31.2 Å². The molecule has 0 aliphatic carbocycles. The normalized spacial score (nSPS) is 12.8. The lowest BCUT2D eigenvalue weighted by atomic mass is 10.1. The molecule has 152 valence electrons. The van der Waals surface area contributed by atoms with Crippen LogP contribution in [0.3, 0.4) is 0 Å². The van der Waals surface area contributed by atoms with Crippen LogP contribution >= 0.6 is 0 Å². The van der Waals surface area contributed by atoms with Crippen molar-refractivity contribution >= 4 is 23.5 Å². The van der Waals surface area contributed by atoms with Gasteiger partial charge in [0.15, 0.2) is 5.78 Å². The molecule has 2 amide bonds. The van der Waals surface area contributed by atoms with E-state index in [2.05, 4.69) is 10.4 Å². The molecule has 1 aliphatic rings. The Morgan fingerprint density at radius 2 is 1.93 bits per heavy atom. The third-order valence-electron chi connectivity index (χ3n) is 4.54. The Morgan fingerprint density at radius 3 is 2.59 bits per heavy atom. The van der Waals surface area contributed by atoms with Crippen LogP contribution in [-0.2, 0) is 29.0 Å². The minimum atomic E-state index is -0.420. The molecule has 9 heteroatoms. The maximum Gasteiger partial charge on any atom is 0.410 e. The third-order valence-corrected chi connectivity index (χ3v) is 4.54. The molecule has 2 aromatic rings. The van der Waals surface area contributed by atoms with E-state index in [1.807, 2.05) is 0 Å². The molecule has 0 bridgehead atoms. The number of carbonyl (C=O) groups is 3.